The summed E-state index contributed by atoms with van der Waals surface area (Å²) in [5, 5.41) is 6.40. The lowest BCUT2D eigenvalue weighted by Crippen LogP contribution is -2.30. The van der Waals surface area contributed by atoms with Gasteiger partial charge < -0.3 is 20.1 Å². The molecule has 1 atom stereocenters. The molecule has 0 aromatic heterocycles. The van der Waals surface area contributed by atoms with Crippen molar-refractivity contribution < 1.29 is 14.3 Å². The molecule has 0 unspecified atom stereocenters. The third-order valence-electron chi connectivity index (χ3n) is 3.75. The van der Waals surface area contributed by atoms with Gasteiger partial charge in [-0.2, -0.15) is 0 Å². The molecule has 1 aliphatic rings. The van der Waals surface area contributed by atoms with Crippen LogP contribution in [0.25, 0.3) is 0 Å². The van der Waals surface area contributed by atoms with Crippen molar-refractivity contribution in [1.29, 1.82) is 0 Å². The number of amides is 1. The number of halogens is 1. The molecule has 0 aliphatic carbocycles. The SMILES string of the molecule is CCOc1ccc(C(=O)NCC[C@H]2CCCN2)cc1OCC.Cl. The fourth-order valence-corrected chi connectivity index (χ4v) is 2.66. The molecule has 5 nitrogen and oxygen atoms in total. The van der Waals surface area contributed by atoms with Crippen molar-refractivity contribution in [2.24, 2.45) is 0 Å². The molecule has 1 aromatic carbocycles. The molecule has 0 saturated carbocycles. The lowest BCUT2D eigenvalue weighted by atomic mass is 10.1. The Bertz CT molecular complexity index is 491. The summed E-state index contributed by atoms with van der Waals surface area (Å²) < 4.78 is 11.1. The van der Waals surface area contributed by atoms with Gasteiger partial charge in [0.1, 0.15) is 0 Å². The van der Waals surface area contributed by atoms with E-state index >= 15 is 0 Å². The molecule has 0 bridgehead atoms. The molecule has 2 rings (SSSR count). The monoisotopic (exact) mass is 342 g/mol. The third-order valence-corrected chi connectivity index (χ3v) is 3.75. The first-order chi connectivity index (χ1) is 10.7. The van der Waals surface area contributed by atoms with E-state index in [1.165, 1.54) is 12.8 Å². The summed E-state index contributed by atoms with van der Waals surface area (Å²) in [4.78, 5) is 12.2. The molecule has 1 saturated heterocycles. The minimum atomic E-state index is -0.0676. The first-order valence-electron chi connectivity index (χ1n) is 8.15. The van der Waals surface area contributed by atoms with E-state index < -0.39 is 0 Å². The lowest BCUT2D eigenvalue weighted by molar-refractivity contribution is 0.0952. The maximum Gasteiger partial charge on any atom is 0.251 e. The van der Waals surface area contributed by atoms with Gasteiger partial charge in [0.2, 0.25) is 0 Å². The van der Waals surface area contributed by atoms with Gasteiger partial charge in [0, 0.05) is 18.2 Å². The van der Waals surface area contributed by atoms with E-state index in [9.17, 15) is 4.79 Å². The van der Waals surface area contributed by atoms with Gasteiger partial charge in [-0.15, -0.1) is 12.4 Å². The van der Waals surface area contributed by atoms with Crippen LogP contribution in [-0.4, -0.2) is 38.3 Å². The predicted octanol–water partition coefficient (Wildman–Crippen LogP) is 2.78. The van der Waals surface area contributed by atoms with Gasteiger partial charge in [-0.05, 0) is 57.9 Å². The summed E-state index contributed by atoms with van der Waals surface area (Å²) >= 11 is 0. The number of carbonyl (C=O) groups excluding carboxylic acids is 1. The van der Waals surface area contributed by atoms with E-state index in [1.54, 1.807) is 18.2 Å². The highest BCUT2D eigenvalue weighted by Gasteiger charge is 2.15. The molecule has 130 valence electrons. The predicted molar refractivity (Wildman–Crippen MR) is 94.0 cm³/mol. The number of nitrogens with one attached hydrogen (secondary N) is 2. The Morgan fingerprint density at radius 3 is 2.65 bits per heavy atom. The summed E-state index contributed by atoms with van der Waals surface area (Å²) in [6, 6.07) is 5.86. The van der Waals surface area contributed by atoms with Crippen molar-refractivity contribution in [3.05, 3.63) is 23.8 Å². The average molecular weight is 343 g/mol. The molecule has 6 heteroatoms. The standard InChI is InChI=1S/C17H26N2O3.ClH/c1-3-21-15-8-7-13(12-16(15)22-4-2)17(20)19-11-9-14-6-5-10-18-14;/h7-8,12,14,18H,3-6,9-11H2,1-2H3,(H,19,20);1H/t14-;/m1./s1. The maximum absolute atomic E-state index is 12.2. The smallest absolute Gasteiger partial charge is 0.251 e. The fourth-order valence-electron chi connectivity index (χ4n) is 2.66. The van der Waals surface area contributed by atoms with Crippen molar-refractivity contribution in [3.63, 3.8) is 0 Å². The molecular formula is C17H27ClN2O3. The van der Waals surface area contributed by atoms with E-state index in [1.807, 2.05) is 13.8 Å². The second-order valence-electron chi connectivity index (χ2n) is 5.37. The highest BCUT2D eigenvalue weighted by atomic mass is 35.5. The summed E-state index contributed by atoms with van der Waals surface area (Å²) in [5.41, 5.74) is 0.603. The van der Waals surface area contributed by atoms with Crippen LogP contribution in [-0.2, 0) is 0 Å². The normalized spacial score (nSPS) is 16.5. The Hall–Kier alpha value is -1.46. The quantitative estimate of drug-likeness (QED) is 0.762. The Labute approximate surface area is 144 Å². The zero-order valence-corrected chi connectivity index (χ0v) is 14.7. The van der Waals surface area contributed by atoms with Gasteiger partial charge in [-0.3, -0.25) is 4.79 Å². The Morgan fingerprint density at radius 2 is 2.00 bits per heavy atom. The van der Waals surface area contributed by atoms with Gasteiger partial charge in [0.25, 0.3) is 5.91 Å². The highest BCUT2D eigenvalue weighted by Crippen LogP contribution is 2.28. The molecule has 2 N–H and O–H groups in total. The molecule has 0 radical (unpaired) electrons. The highest BCUT2D eigenvalue weighted by molar-refractivity contribution is 5.94. The summed E-state index contributed by atoms with van der Waals surface area (Å²) in [5.74, 6) is 1.23. The summed E-state index contributed by atoms with van der Waals surface area (Å²) in [7, 11) is 0. The second kappa shape index (κ2) is 10.3. The van der Waals surface area contributed by atoms with E-state index in [0.29, 0.717) is 42.9 Å². The Kier molecular flexibility index (Phi) is 8.81. The molecule has 1 aromatic rings. The molecule has 1 aliphatic heterocycles. The van der Waals surface area contributed by atoms with Crippen molar-refractivity contribution >= 4 is 18.3 Å². The number of carbonyl (C=O) groups is 1. The van der Waals surface area contributed by atoms with Crippen LogP contribution in [0.1, 0.15) is 43.5 Å². The second-order valence-corrected chi connectivity index (χ2v) is 5.37. The lowest BCUT2D eigenvalue weighted by Gasteiger charge is -2.13. The minimum absolute atomic E-state index is 0. The molecule has 1 heterocycles. The average Bonchev–Trinajstić information content (AvgIpc) is 3.02. The topological polar surface area (TPSA) is 59.6 Å². The van der Waals surface area contributed by atoms with E-state index in [-0.39, 0.29) is 18.3 Å². The molecule has 1 fully saturated rings. The van der Waals surface area contributed by atoms with Crippen LogP contribution in [0.2, 0.25) is 0 Å². The molecular weight excluding hydrogens is 316 g/mol. The molecule has 1 amide bonds. The fraction of sp³-hybridized carbons (Fsp3) is 0.588. The van der Waals surface area contributed by atoms with Crippen LogP contribution in [0, 0.1) is 0 Å². The number of benzene rings is 1. The van der Waals surface area contributed by atoms with Crippen LogP contribution in [0.5, 0.6) is 11.5 Å². The number of rotatable bonds is 8. The van der Waals surface area contributed by atoms with E-state index in [4.69, 9.17) is 9.47 Å². The van der Waals surface area contributed by atoms with Crippen LogP contribution in [0.3, 0.4) is 0 Å². The number of hydrogen-bond donors (Lipinski definition) is 2. The number of ether oxygens (including phenoxy) is 2. The molecule has 0 spiro atoms. The van der Waals surface area contributed by atoms with Crippen LogP contribution < -0.4 is 20.1 Å². The van der Waals surface area contributed by atoms with Crippen molar-refractivity contribution in [3.8, 4) is 11.5 Å². The van der Waals surface area contributed by atoms with E-state index in [0.717, 1.165) is 13.0 Å². The minimum Gasteiger partial charge on any atom is -0.490 e. The van der Waals surface area contributed by atoms with Crippen molar-refractivity contribution in [1.82, 2.24) is 10.6 Å². The van der Waals surface area contributed by atoms with Crippen LogP contribution >= 0.6 is 12.4 Å². The van der Waals surface area contributed by atoms with Gasteiger partial charge in [0.05, 0.1) is 13.2 Å². The zero-order chi connectivity index (χ0) is 15.8. The third kappa shape index (κ3) is 5.92. The first kappa shape index (κ1) is 19.6. The van der Waals surface area contributed by atoms with Gasteiger partial charge in [0.15, 0.2) is 11.5 Å². The zero-order valence-electron chi connectivity index (χ0n) is 13.9. The van der Waals surface area contributed by atoms with Crippen LogP contribution in [0.15, 0.2) is 18.2 Å². The first-order valence-corrected chi connectivity index (χ1v) is 8.15. The number of hydrogen-bond acceptors (Lipinski definition) is 4. The van der Waals surface area contributed by atoms with Gasteiger partial charge in [-0.1, -0.05) is 0 Å². The van der Waals surface area contributed by atoms with Crippen molar-refractivity contribution in [2.45, 2.75) is 39.2 Å². The van der Waals surface area contributed by atoms with Crippen LogP contribution in [0.4, 0.5) is 0 Å². The molecule has 23 heavy (non-hydrogen) atoms. The van der Waals surface area contributed by atoms with Gasteiger partial charge >= 0.3 is 0 Å². The largest absolute Gasteiger partial charge is 0.490 e. The van der Waals surface area contributed by atoms with Gasteiger partial charge in [-0.25, -0.2) is 0 Å². The summed E-state index contributed by atoms with van der Waals surface area (Å²) in [6.45, 7) is 6.73. The maximum atomic E-state index is 12.2. The Morgan fingerprint density at radius 1 is 1.26 bits per heavy atom. The van der Waals surface area contributed by atoms with Crippen molar-refractivity contribution in [2.75, 3.05) is 26.3 Å². The summed E-state index contributed by atoms with van der Waals surface area (Å²) in [6.07, 6.45) is 3.41. The Balaban J connectivity index is 0.00000264. The van der Waals surface area contributed by atoms with E-state index in [2.05, 4.69) is 10.6 Å².